The van der Waals surface area contributed by atoms with Gasteiger partial charge in [0.15, 0.2) is 0 Å². The Bertz CT molecular complexity index is 1070. The molecule has 0 aromatic heterocycles. The van der Waals surface area contributed by atoms with Crippen molar-refractivity contribution in [2.75, 3.05) is 45.9 Å². The Morgan fingerprint density at radius 3 is 2.44 bits per heavy atom. The second-order valence-corrected chi connectivity index (χ2v) is 12.6. The second kappa shape index (κ2) is 14.8. The van der Waals surface area contributed by atoms with Crippen LogP contribution in [0.3, 0.4) is 0 Å². The summed E-state index contributed by atoms with van der Waals surface area (Å²) in [7, 11) is 0. The van der Waals surface area contributed by atoms with E-state index in [2.05, 4.69) is 17.4 Å². The monoisotopic (exact) mass is 633 g/mol. The SMILES string of the molecule is Br.OCc1cc([C@@H](O)CNCCCC[N+]23CCC(CC2)[C@@H](OC[C@@](O)(c2ccccc2)C2CCCC2)C3)ccc1O. The van der Waals surface area contributed by atoms with Crippen molar-refractivity contribution >= 4 is 17.0 Å². The molecule has 4 aliphatic rings. The van der Waals surface area contributed by atoms with Gasteiger partial charge in [0.25, 0.3) is 0 Å². The molecular weight excluding hydrogens is 584 g/mol. The number of fused-ring (bicyclic) bond motifs is 3. The lowest BCUT2D eigenvalue weighted by atomic mass is 9.80. The molecule has 0 unspecified atom stereocenters. The number of aliphatic hydroxyl groups is 3. The molecule has 8 heteroatoms. The van der Waals surface area contributed by atoms with Crippen molar-refractivity contribution in [1.29, 1.82) is 0 Å². The predicted molar refractivity (Wildman–Crippen MR) is 166 cm³/mol. The van der Waals surface area contributed by atoms with Gasteiger partial charge in [-0.1, -0.05) is 49.2 Å². The van der Waals surface area contributed by atoms with Gasteiger partial charge in [-0.05, 0) is 61.4 Å². The smallest absolute Gasteiger partial charge is 0.121 e. The highest BCUT2D eigenvalue weighted by molar-refractivity contribution is 8.93. The number of rotatable bonds is 14. The second-order valence-electron chi connectivity index (χ2n) is 12.6. The topological polar surface area (TPSA) is 102 Å². The molecule has 5 N–H and O–H groups in total. The van der Waals surface area contributed by atoms with Crippen LogP contribution in [0.15, 0.2) is 48.5 Å². The molecule has 3 aliphatic heterocycles. The lowest BCUT2D eigenvalue weighted by Crippen LogP contribution is -2.64. The van der Waals surface area contributed by atoms with Crippen LogP contribution < -0.4 is 5.32 Å². The average molecular weight is 635 g/mol. The molecule has 3 heterocycles. The molecule has 228 valence electrons. The number of aliphatic hydroxyl groups excluding tert-OH is 2. The number of nitrogens with zero attached hydrogens (tertiary/aromatic N) is 1. The van der Waals surface area contributed by atoms with Gasteiger partial charge in [-0.3, -0.25) is 0 Å². The Morgan fingerprint density at radius 2 is 1.73 bits per heavy atom. The number of quaternary nitrogens is 1. The van der Waals surface area contributed by atoms with Gasteiger partial charge < -0.3 is 35.0 Å². The third-order valence-corrected chi connectivity index (χ3v) is 10.1. The molecule has 2 aromatic rings. The molecule has 6 rings (SSSR count). The molecule has 2 bridgehead atoms. The van der Waals surface area contributed by atoms with Gasteiger partial charge in [0, 0.05) is 30.9 Å². The maximum absolute atomic E-state index is 11.9. The number of benzene rings is 2. The van der Waals surface area contributed by atoms with E-state index in [1.165, 1.54) is 44.8 Å². The van der Waals surface area contributed by atoms with Crippen LogP contribution in [-0.4, -0.2) is 76.9 Å². The summed E-state index contributed by atoms with van der Waals surface area (Å²) in [5.74, 6) is 0.933. The van der Waals surface area contributed by atoms with Crippen LogP contribution in [0.5, 0.6) is 5.75 Å². The predicted octanol–water partition coefficient (Wildman–Crippen LogP) is 4.57. The van der Waals surface area contributed by atoms with Crippen molar-refractivity contribution in [1.82, 2.24) is 5.32 Å². The zero-order valence-corrected chi connectivity index (χ0v) is 26.0. The van der Waals surface area contributed by atoms with Crippen molar-refractivity contribution in [3.63, 3.8) is 0 Å². The van der Waals surface area contributed by atoms with E-state index in [9.17, 15) is 20.4 Å². The van der Waals surface area contributed by atoms with Crippen molar-refractivity contribution < 1.29 is 29.6 Å². The van der Waals surface area contributed by atoms with Gasteiger partial charge in [0.1, 0.15) is 24.0 Å². The summed E-state index contributed by atoms with van der Waals surface area (Å²) in [6.07, 6.45) is 8.70. The Kier molecular flexibility index (Phi) is 11.7. The van der Waals surface area contributed by atoms with Crippen LogP contribution in [0.25, 0.3) is 0 Å². The first-order valence-electron chi connectivity index (χ1n) is 15.5. The highest BCUT2D eigenvalue weighted by Crippen LogP contribution is 2.42. The quantitative estimate of drug-likeness (QED) is 0.154. The summed E-state index contributed by atoms with van der Waals surface area (Å²) in [6.45, 7) is 6.11. The van der Waals surface area contributed by atoms with E-state index in [-0.39, 0.29) is 41.4 Å². The summed E-state index contributed by atoms with van der Waals surface area (Å²) >= 11 is 0. The zero-order valence-electron chi connectivity index (χ0n) is 24.3. The summed E-state index contributed by atoms with van der Waals surface area (Å²) in [5.41, 5.74) is 1.23. The van der Waals surface area contributed by atoms with E-state index in [4.69, 9.17) is 4.74 Å². The van der Waals surface area contributed by atoms with E-state index < -0.39 is 11.7 Å². The van der Waals surface area contributed by atoms with Gasteiger partial charge in [0.2, 0.25) is 0 Å². The number of halogens is 1. The molecule has 2 aromatic carbocycles. The Labute approximate surface area is 255 Å². The van der Waals surface area contributed by atoms with Gasteiger partial charge >= 0.3 is 0 Å². The van der Waals surface area contributed by atoms with Crippen molar-refractivity contribution in [3.05, 3.63) is 65.2 Å². The lowest BCUT2D eigenvalue weighted by molar-refractivity contribution is -0.946. The van der Waals surface area contributed by atoms with Crippen LogP contribution >= 0.6 is 17.0 Å². The molecule has 4 fully saturated rings. The highest BCUT2D eigenvalue weighted by atomic mass is 79.9. The molecule has 3 atom stereocenters. The summed E-state index contributed by atoms with van der Waals surface area (Å²) in [5, 5.41) is 44.9. The van der Waals surface area contributed by atoms with E-state index >= 15 is 0 Å². The third kappa shape index (κ3) is 7.71. The maximum Gasteiger partial charge on any atom is 0.121 e. The summed E-state index contributed by atoms with van der Waals surface area (Å²) in [6, 6.07) is 15.1. The van der Waals surface area contributed by atoms with Crippen molar-refractivity contribution in [2.24, 2.45) is 11.8 Å². The fourth-order valence-corrected chi connectivity index (χ4v) is 7.52. The number of unbranched alkanes of at least 4 members (excludes halogenated alkanes) is 1. The van der Waals surface area contributed by atoms with Crippen molar-refractivity contribution in [3.8, 4) is 5.75 Å². The number of phenols is 1. The maximum atomic E-state index is 11.9. The Balaban J connectivity index is 0.00000387. The molecule has 3 saturated heterocycles. The minimum atomic E-state index is -0.898. The normalized spacial score (nSPS) is 26.4. The van der Waals surface area contributed by atoms with Crippen LogP contribution in [-0.2, 0) is 16.9 Å². The molecule has 1 saturated carbocycles. The van der Waals surface area contributed by atoms with Gasteiger partial charge in [-0.2, -0.15) is 0 Å². The number of hydrogen-bond donors (Lipinski definition) is 5. The number of hydrogen-bond acceptors (Lipinski definition) is 6. The lowest BCUT2D eigenvalue weighted by Gasteiger charge is -2.53. The largest absolute Gasteiger partial charge is 0.508 e. The molecular formula is C33H50BrN2O5+. The van der Waals surface area contributed by atoms with Crippen LogP contribution in [0.4, 0.5) is 0 Å². The van der Waals surface area contributed by atoms with Crippen molar-refractivity contribution in [2.45, 2.75) is 75.8 Å². The summed E-state index contributed by atoms with van der Waals surface area (Å²) in [4.78, 5) is 0. The van der Waals surface area contributed by atoms with Crippen LogP contribution in [0.2, 0.25) is 0 Å². The third-order valence-electron chi connectivity index (χ3n) is 10.1. The first kappa shape index (κ1) is 32.4. The fourth-order valence-electron chi connectivity index (χ4n) is 7.52. The van der Waals surface area contributed by atoms with Gasteiger partial charge in [-0.25, -0.2) is 0 Å². The van der Waals surface area contributed by atoms with E-state index in [1.807, 2.05) is 18.2 Å². The minimum Gasteiger partial charge on any atom is -0.508 e. The molecule has 0 amide bonds. The zero-order chi connectivity index (χ0) is 28.0. The van der Waals surface area contributed by atoms with E-state index in [1.54, 1.807) is 12.1 Å². The van der Waals surface area contributed by atoms with E-state index in [0.717, 1.165) is 55.4 Å². The van der Waals surface area contributed by atoms with Crippen LogP contribution in [0.1, 0.15) is 74.2 Å². The molecule has 7 nitrogen and oxygen atoms in total. The number of aromatic hydroxyl groups is 1. The van der Waals surface area contributed by atoms with Gasteiger partial charge in [-0.15, -0.1) is 17.0 Å². The van der Waals surface area contributed by atoms with Gasteiger partial charge in [0.05, 0.1) is 39.0 Å². The highest BCUT2D eigenvalue weighted by Gasteiger charge is 2.48. The number of piperidine rings is 3. The fraction of sp³-hybridized carbons (Fsp3) is 0.636. The first-order valence-corrected chi connectivity index (χ1v) is 15.5. The Morgan fingerprint density at radius 1 is 1.00 bits per heavy atom. The standard InChI is InChI=1S/C33H48N2O5.BrH/c36-23-27-20-26(12-13-30(27)37)31(38)21-34-16-6-7-17-35-18-14-25(15-19-35)32(22-35)40-24-33(39,29-10-4-5-11-29)28-8-2-1-3-9-28;/h1-3,8-9,12-13,20,25,29,31-32,34,36,38-39H,4-7,10-11,14-19,21-24H2;1H/p+1/t25?,31-,32-,33+,35?;/m0./s1. The van der Waals surface area contributed by atoms with Crippen LogP contribution in [0, 0.1) is 11.8 Å². The van der Waals surface area contributed by atoms with E-state index in [0.29, 0.717) is 30.2 Å². The first-order chi connectivity index (χ1) is 19.4. The number of ether oxygens (including phenoxy) is 1. The molecule has 41 heavy (non-hydrogen) atoms. The molecule has 0 radical (unpaired) electrons. The molecule has 1 aliphatic carbocycles. The number of nitrogens with one attached hydrogen (secondary N) is 1. The molecule has 0 spiro atoms. The average Bonchev–Trinajstić information content (AvgIpc) is 3.55. The summed E-state index contributed by atoms with van der Waals surface area (Å²) < 4.78 is 7.81. The minimum absolute atomic E-state index is 0. The Hall–Kier alpha value is -1.52.